The van der Waals surface area contributed by atoms with Crippen molar-refractivity contribution in [3.63, 3.8) is 0 Å². The van der Waals surface area contributed by atoms with Crippen LogP contribution in [-0.2, 0) is 0 Å². The molecule has 1 amide bonds. The summed E-state index contributed by atoms with van der Waals surface area (Å²) in [5.74, 6) is -1.69. The number of amides is 1. The summed E-state index contributed by atoms with van der Waals surface area (Å²) in [6, 6.07) is 3.09. The van der Waals surface area contributed by atoms with Crippen LogP contribution in [0.1, 0.15) is 32.2 Å². The van der Waals surface area contributed by atoms with E-state index in [0.29, 0.717) is 17.1 Å². The number of aromatic nitrogens is 3. The number of carboxylic acids is 1. The Morgan fingerprint density at radius 1 is 1.37 bits per heavy atom. The van der Waals surface area contributed by atoms with Gasteiger partial charge in [-0.3, -0.25) is 9.78 Å². The zero-order chi connectivity index (χ0) is 14.2. The van der Waals surface area contributed by atoms with Crippen molar-refractivity contribution in [3.8, 4) is 5.69 Å². The molecular formula is C12H12N4O3. The van der Waals surface area contributed by atoms with Gasteiger partial charge < -0.3 is 10.8 Å². The Morgan fingerprint density at radius 3 is 2.58 bits per heavy atom. The van der Waals surface area contributed by atoms with Crippen LogP contribution in [0.2, 0.25) is 0 Å². The number of primary amides is 1. The summed E-state index contributed by atoms with van der Waals surface area (Å²) in [6.07, 6.45) is 1.42. The topological polar surface area (TPSA) is 111 Å². The van der Waals surface area contributed by atoms with Crippen LogP contribution in [0.25, 0.3) is 5.69 Å². The lowest BCUT2D eigenvalue weighted by molar-refractivity contribution is 0.0695. The van der Waals surface area contributed by atoms with Crippen molar-refractivity contribution in [2.75, 3.05) is 0 Å². The average molecular weight is 260 g/mol. The molecule has 0 spiro atoms. The van der Waals surface area contributed by atoms with Crippen molar-refractivity contribution in [3.05, 3.63) is 41.0 Å². The first-order chi connectivity index (χ1) is 8.91. The second-order valence-corrected chi connectivity index (χ2v) is 4.03. The maximum atomic E-state index is 11.1. The van der Waals surface area contributed by atoms with Gasteiger partial charge in [0, 0.05) is 6.20 Å². The van der Waals surface area contributed by atoms with Crippen molar-refractivity contribution < 1.29 is 14.7 Å². The van der Waals surface area contributed by atoms with Crippen molar-refractivity contribution in [2.45, 2.75) is 13.8 Å². The molecule has 0 saturated heterocycles. The molecule has 2 aromatic rings. The number of carboxylic acid groups (broad SMARTS) is 1. The fourth-order valence-corrected chi connectivity index (χ4v) is 1.89. The van der Waals surface area contributed by atoms with Crippen molar-refractivity contribution in [1.82, 2.24) is 14.8 Å². The number of aryl methyl sites for hydroxylation is 1. The Morgan fingerprint density at radius 2 is 2.05 bits per heavy atom. The maximum Gasteiger partial charge on any atom is 0.339 e. The predicted octanol–water partition coefficient (Wildman–Crippen LogP) is 0.681. The molecule has 0 aliphatic rings. The van der Waals surface area contributed by atoms with Gasteiger partial charge in [-0.2, -0.15) is 5.10 Å². The normalized spacial score (nSPS) is 10.4. The summed E-state index contributed by atoms with van der Waals surface area (Å²) in [5.41, 5.74) is 6.83. The number of nitrogens with zero attached hydrogens (tertiary/aromatic N) is 3. The molecule has 0 bridgehead atoms. The molecule has 2 aromatic heterocycles. The minimum absolute atomic E-state index is 0.0990. The van der Waals surface area contributed by atoms with E-state index in [1.165, 1.54) is 16.9 Å². The van der Waals surface area contributed by atoms with Crippen LogP contribution in [0.4, 0.5) is 0 Å². The Balaban J connectivity index is 2.60. The van der Waals surface area contributed by atoms with Gasteiger partial charge in [0.2, 0.25) is 0 Å². The molecule has 2 rings (SSSR count). The number of carbonyl (C=O) groups excluding carboxylic acids is 1. The van der Waals surface area contributed by atoms with Crippen molar-refractivity contribution >= 4 is 11.9 Å². The SMILES string of the molecule is Cc1nn(-c2ccnc(C(N)=O)c2)c(C)c1C(=O)O. The van der Waals surface area contributed by atoms with Gasteiger partial charge >= 0.3 is 5.97 Å². The molecule has 0 atom stereocenters. The monoisotopic (exact) mass is 260 g/mol. The lowest BCUT2D eigenvalue weighted by Crippen LogP contribution is -2.13. The Bertz CT molecular complexity index is 676. The Kier molecular flexibility index (Phi) is 3.04. The molecule has 0 aromatic carbocycles. The Hall–Kier alpha value is -2.70. The summed E-state index contributed by atoms with van der Waals surface area (Å²) in [7, 11) is 0. The van der Waals surface area contributed by atoms with E-state index < -0.39 is 11.9 Å². The van der Waals surface area contributed by atoms with E-state index in [2.05, 4.69) is 10.1 Å². The van der Waals surface area contributed by atoms with Crippen molar-refractivity contribution in [1.29, 1.82) is 0 Å². The number of pyridine rings is 1. The van der Waals surface area contributed by atoms with Crippen LogP contribution >= 0.6 is 0 Å². The molecule has 0 fully saturated rings. The largest absolute Gasteiger partial charge is 0.478 e. The molecule has 0 aliphatic carbocycles. The van der Waals surface area contributed by atoms with Gasteiger partial charge in [0.15, 0.2) is 0 Å². The van der Waals surface area contributed by atoms with Crippen LogP contribution < -0.4 is 5.73 Å². The molecule has 98 valence electrons. The highest BCUT2D eigenvalue weighted by Gasteiger charge is 2.18. The summed E-state index contributed by atoms with van der Waals surface area (Å²) < 4.78 is 1.45. The van der Waals surface area contributed by atoms with E-state index >= 15 is 0 Å². The molecular weight excluding hydrogens is 248 g/mol. The van der Waals surface area contributed by atoms with Gasteiger partial charge in [-0.05, 0) is 26.0 Å². The minimum Gasteiger partial charge on any atom is -0.478 e. The van der Waals surface area contributed by atoms with Crippen LogP contribution in [0.3, 0.4) is 0 Å². The highest BCUT2D eigenvalue weighted by molar-refractivity contribution is 5.91. The zero-order valence-corrected chi connectivity index (χ0v) is 10.4. The van der Waals surface area contributed by atoms with E-state index in [1.54, 1.807) is 19.9 Å². The molecule has 0 saturated carbocycles. The van der Waals surface area contributed by atoms with Gasteiger partial charge in [0.05, 0.1) is 17.1 Å². The lowest BCUT2D eigenvalue weighted by Gasteiger charge is -2.05. The number of rotatable bonds is 3. The fourth-order valence-electron chi connectivity index (χ4n) is 1.89. The van der Waals surface area contributed by atoms with Crippen LogP contribution in [0, 0.1) is 13.8 Å². The first-order valence-electron chi connectivity index (χ1n) is 5.47. The third-order valence-electron chi connectivity index (χ3n) is 2.75. The lowest BCUT2D eigenvalue weighted by atomic mass is 10.2. The summed E-state index contributed by atoms with van der Waals surface area (Å²) in [5, 5.41) is 13.3. The highest BCUT2D eigenvalue weighted by atomic mass is 16.4. The number of carbonyl (C=O) groups is 2. The number of hydrogen-bond donors (Lipinski definition) is 2. The molecule has 0 radical (unpaired) electrons. The third kappa shape index (κ3) is 2.17. The number of nitrogens with two attached hydrogens (primary N) is 1. The molecule has 19 heavy (non-hydrogen) atoms. The zero-order valence-electron chi connectivity index (χ0n) is 10.4. The molecule has 3 N–H and O–H groups in total. The smallest absolute Gasteiger partial charge is 0.339 e. The Labute approximate surface area is 108 Å². The molecule has 7 nitrogen and oxygen atoms in total. The quantitative estimate of drug-likeness (QED) is 0.842. The first-order valence-corrected chi connectivity index (χ1v) is 5.47. The van der Waals surface area contributed by atoms with E-state index in [-0.39, 0.29) is 11.3 Å². The van der Waals surface area contributed by atoms with Gasteiger partial charge in [-0.25, -0.2) is 9.48 Å². The first kappa shape index (κ1) is 12.7. The molecule has 7 heteroatoms. The van der Waals surface area contributed by atoms with Gasteiger partial charge in [-0.1, -0.05) is 0 Å². The highest BCUT2D eigenvalue weighted by Crippen LogP contribution is 2.18. The standard InChI is InChI=1S/C12H12N4O3/c1-6-10(12(18)19)7(2)16(15-6)8-3-4-14-9(5-8)11(13)17/h3-5H,1-2H3,(H2,13,17)(H,18,19). The summed E-state index contributed by atoms with van der Waals surface area (Å²) in [6.45, 7) is 3.26. The molecule has 2 heterocycles. The average Bonchev–Trinajstić information content (AvgIpc) is 2.65. The van der Waals surface area contributed by atoms with E-state index in [1.807, 2.05) is 0 Å². The second-order valence-electron chi connectivity index (χ2n) is 4.03. The number of aromatic carboxylic acids is 1. The van der Waals surface area contributed by atoms with Gasteiger partial charge in [0.25, 0.3) is 5.91 Å². The summed E-state index contributed by atoms with van der Waals surface area (Å²) in [4.78, 5) is 26.0. The van der Waals surface area contributed by atoms with E-state index in [4.69, 9.17) is 10.8 Å². The second kappa shape index (κ2) is 4.52. The molecule has 0 aliphatic heterocycles. The van der Waals surface area contributed by atoms with Crippen molar-refractivity contribution in [2.24, 2.45) is 5.73 Å². The van der Waals surface area contributed by atoms with Gasteiger partial charge in [0.1, 0.15) is 11.3 Å². The number of hydrogen-bond acceptors (Lipinski definition) is 4. The third-order valence-corrected chi connectivity index (χ3v) is 2.75. The predicted molar refractivity (Wildman–Crippen MR) is 66.3 cm³/mol. The van der Waals surface area contributed by atoms with Gasteiger partial charge in [-0.15, -0.1) is 0 Å². The van der Waals surface area contributed by atoms with Crippen LogP contribution in [0.15, 0.2) is 18.3 Å². The van der Waals surface area contributed by atoms with E-state index in [9.17, 15) is 9.59 Å². The van der Waals surface area contributed by atoms with E-state index in [0.717, 1.165) is 0 Å². The minimum atomic E-state index is -1.04. The molecule has 0 unspecified atom stereocenters. The van der Waals surface area contributed by atoms with Crippen LogP contribution in [-0.4, -0.2) is 31.7 Å². The fraction of sp³-hybridized carbons (Fsp3) is 0.167. The van der Waals surface area contributed by atoms with Crippen LogP contribution in [0.5, 0.6) is 0 Å². The summed E-state index contributed by atoms with van der Waals surface area (Å²) >= 11 is 0. The maximum absolute atomic E-state index is 11.1.